The molecule has 1 fully saturated rings. The normalized spacial score (nSPS) is 18.8. The lowest BCUT2D eigenvalue weighted by Gasteiger charge is -2.31. The first-order valence-electron chi connectivity index (χ1n) is 9.20. The molecular formula is C19H17F2N3O5S2. The molecule has 2 aromatic rings. The van der Waals surface area contributed by atoms with Crippen LogP contribution in [0, 0.1) is 11.6 Å². The van der Waals surface area contributed by atoms with Crippen molar-refractivity contribution in [3.8, 4) is 0 Å². The second-order valence-electron chi connectivity index (χ2n) is 6.82. The van der Waals surface area contributed by atoms with E-state index in [1.165, 1.54) is 18.2 Å². The zero-order valence-corrected chi connectivity index (χ0v) is 17.6. The minimum absolute atomic E-state index is 0.147. The lowest BCUT2D eigenvalue weighted by Crippen LogP contribution is -2.49. The first-order chi connectivity index (χ1) is 14.7. The highest BCUT2D eigenvalue weighted by atomic mass is 32.2. The van der Waals surface area contributed by atoms with Crippen molar-refractivity contribution < 1.29 is 31.5 Å². The molecule has 1 saturated heterocycles. The number of halogens is 2. The number of ether oxygens (including phenoxy) is 1. The van der Waals surface area contributed by atoms with E-state index in [2.05, 4.69) is 10.0 Å². The van der Waals surface area contributed by atoms with Gasteiger partial charge in [-0.15, -0.1) is 11.8 Å². The van der Waals surface area contributed by atoms with Gasteiger partial charge >= 0.3 is 0 Å². The number of anilines is 2. The van der Waals surface area contributed by atoms with Crippen molar-refractivity contribution >= 4 is 45.0 Å². The number of nitrogens with one attached hydrogen (secondary N) is 2. The molecule has 0 aliphatic carbocycles. The number of hydrogen-bond acceptors (Lipinski definition) is 6. The summed E-state index contributed by atoms with van der Waals surface area (Å²) in [7, 11) is -4.13. The average Bonchev–Trinajstić information content (AvgIpc) is 2.75. The van der Waals surface area contributed by atoms with Gasteiger partial charge in [-0.1, -0.05) is 0 Å². The molecule has 2 heterocycles. The predicted octanol–water partition coefficient (Wildman–Crippen LogP) is 2.04. The van der Waals surface area contributed by atoms with E-state index in [0.29, 0.717) is 31.2 Å². The number of morpholine rings is 1. The Hall–Kier alpha value is -2.70. The quantitative estimate of drug-likeness (QED) is 0.664. The van der Waals surface area contributed by atoms with Crippen molar-refractivity contribution in [3.05, 3.63) is 48.0 Å². The van der Waals surface area contributed by atoms with Crippen LogP contribution in [-0.2, 0) is 24.3 Å². The van der Waals surface area contributed by atoms with Crippen LogP contribution in [0.2, 0.25) is 0 Å². The van der Waals surface area contributed by atoms with Gasteiger partial charge in [-0.05, 0) is 30.3 Å². The Bertz CT molecular complexity index is 1150. The third-order valence-electron chi connectivity index (χ3n) is 4.72. The lowest BCUT2D eigenvalue weighted by atomic mass is 10.2. The summed E-state index contributed by atoms with van der Waals surface area (Å²) in [5.74, 6) is -3.16. The average molecular weight is 469 g/mol. The molecule has 2 aliphatic heterocycles. The highest BCUT2D eigenvalue weighted by molar-refractivity contribution is 8.01. The number of carbonyl (C=O) groups is 2. The fourth-order valence-electron chi connectivity index (χ4n) is 3.14. The predicted molar refractivity (Wildman–Crippen MR) is 109 cm³/mol. The van der Waals surface area contributed by atoms with E-state index < -0.39 is 32.8 Å². The van der Waals surface area contributed by atoms with Gasteiger partial charge in [0.1, 0.15) is 0 Å². The third kappa shape index (κ3) is 4.50. The standard InChI is InChI=1S/C19H17F2N3O5S2/c20-13-3-1-11(9-14(13)21)23-31(27,28)12-2-4-16-15(10-12)22-18(25)17(30-16)19(26)24-5-7-29-8-6-24/h1-4,9-10,17,23H,5-8H2,(H,22,25)/t17-/m1/s1. The summed E-state index contributed by atoms with van der Waals surface area (Å²) in [5, 5.41) is 1.60. The molecule has 8 nitrogen and oxygen atoms in total. The van der Waals surface area contributed by atoms with E-state index >= 15 is 0 Å². The first-order valence-corrected chi connectivity index (χ1v) is 11.6. The Morgan fingerprint density at radius 2 is 1.87 bits per heavy atom. The molecule has 0 bridgehead atoms. The molecule has 0 radical (unpaired) electrons. The SMILES string of the molecule is O=C1Nc2cc(S(=O)(=O)Nc3ccc(F)c(F)c3)ccc2S[C@H]1C(=O)N1CCOCC1. The number of carbonyl (C=O) groups excluding carboxylic acids is 2. The molecule has 2 aliphatic rings. The van der Waals surface area contributed by atoms with Crippen LogP contribution in [0.25, 0.3) is 0 Å². The smallest absolute Gasteiger partial charge is 0.261 e. The van der Waals surface area contributed by atoms with E-state index in [1.54, 1.807) is 4.90 Å². The topological polar surface area (TPSA) is 105 Å². The number of fused-ring (bicyclic) bond motifs is 1. The maximum Gasteiger partial charge on any atom is 0.261 e. The van der Waals surface area contributed by atoms with Crippen LogP contribution in [0.5, 0.6) is 0 Å². The minimum atomic E-state index is -4.13. The number of benzene rings is 2. The zero-order chi connectivity index (χ0) is 22.2. The Morgan fingerprint density at radius 3 is 2.58 bits per heavy atom. The fourth-order valence-corrected chi connectivity index (χ4v) is 5.27. The second-order valence-corrected chi connectivity index (χ2v) is 9.65. The van der Waals surface area contributed by atoms with Crippen LogP contribution in [0.1, 0.15) is 0 Å². The second kappa shape index (κ2) is 8.44. The number of nitrogens with zero attached hydrogens (tertiary/aromatic N) is 1. The van der Waals surface area contributed by atoms with E-state index in [9.17, 15) is 26.8 Å². The van der Waals surface area contributed by atoms with Crippen molar-refractivity contribution in [1.29, 1.82) is 0 Å². The van der Waals surface area contributed by atoms with Crippen molar-refractivity contribution in [1.82, 2.24) is 4.90 Å². The summed E-state index contributed by atoms with van der Waals surface area (Å²) in [5.41, 5.74) is 0.0976. The van der Waals surface area contributed by atoms with Gasteiger partial charge in [0.25, 0.3) is 10.0 Å². The van der Waals surface area contributed by atoms with Crippen LogP contribution < -0.4 is 10.0 Å². The molecule has 0 unspecified atom stereocenters. The summed E-state index contributed by atoms with van der Waals surface area (Å²) in [6.45, 7) is 1.63. The monoisotopic (exact) mass is 469 g/mol. The van der Waals surface area contributed by atoms with Crippen molar-refractivity contribution in [3.63, 3.8) is 0 Å². The van der Waals surface area contributed by atoms with Crippen LogP contribution in [0.15, 0.2) is 46.2 Å². The van der Waals surface area contributed by atoms with Crippen molar-refractivity contribution in [2.75, 3.05) is 36.3 Å². The lowest BCUT2D eigenvalue weighted by molar-refractivity contribution is -0.137. The maximum atomic E-state index is 13.4. The first kappa shape index (κ1) is 21.5. The largest absolute Gasteiger partial charge is 0.378 e. The van der Waals surface area contributed by atoms with E-state index in [1.807, 2.05) is 0 Å². The van der Waals surface area contributed by atoms with E-state index in [0.717, 1.165) is 30.0 Å². The number of amides is 2. The summed E-state index contributed by atoms with van der Waals surface area (Å²) >= 11 is 1.04. The fraction of sp³-hybridized carbons (Fsp3) is 0.263. The molecule has 4 rings (SSSR count). The van der Waals surface area contributed by atoms with Gasteiger partial charge < -0.3 is 15.0 Å². The Balaban J connectivity index is 1.54. The number of sulfonamides is 1. The van der Waals surface area contributed by atoms with Crippen molar-refractivity contribution in [2.45, 2.75) is 15.0 Å². The van der Waals surface area contributed by atoms with Gasteiger partial charge in [-0.25, -0.2) is 17.2 Å². The van der Waals surface area contributed by atoms with Gasteiger partial charge in [0.15, 0.2) is 16.9 Å². The van der Waals surface area contributed by atoms with Gasteiger partial charge in [0.05, 0.1) is 29.5 Å². The summed E-state index contributed by atoms with van der Waals surface area (Å²) in [6.07, 6.45) is 0. The third-order valence-corrected chi connectivity index (χ3v) is 7.36. The molecular weight excluding hydrogens is 452 g/mol. The zero-order valence-electron chi connectivity index (χ0n) is 15.9. The van der Waals surface area contributed by atoms with Gasteiger partial charge in [-0.3, -0.25) is 14.3 Å². The van der Waals surface area contributed by atoms with Gasteiger partial charge in [0.2, 0.25) is 11.8 Å². The van der Waals surface area contributed by atoms with Crippen LogP contribution in [-0.4, -0.2) is 56.7 Å². The molecule has 12 heteroatoms. The molecule has 31 heavy (non-hydrogen) atoms. The minimum Gasteiger partial charge on any atom is -0.378 e. The van der Waals surface area contributed by atoms with Crippen molar-refractivity contribution in [2.24, 2.45) is 0 Å². The molecule has 2 aromatic carbocycles. The summed E-state index contributed by atoms with van der Waals surface area (Å²) in [4.78, 5) is 27.1. The molecule has 2 amide bonds. The van der Waals surface area contributed by atoms with Gasteiger partial charge in [-0.2, -0.15) is 0 Å². The molecule has 164 valence electrons. The molecule has 1 atom stereocenters. The molecule has 2 N–H and O–H groups in total. The van der Waals surface area contributed by atoms with Gasteiger partial charge in [0, 0.05) is 24.1 Å². The Morgan fingerprint density at radius 1 is 1.13 bits per heavy atom. The molecule has 0 spiro atoms. The number of thioether (sulfide) groups is 1. The Labute approximate surface area is 181 Å². The molecule has 0 aromatic heterocycles. The van der Waals surface area contributed by atoms with Crippen LogP contribution in [0.4, 0.5) is 20.2 Å². The highest BCUT2D eigenvalue weighted by Gasteiger charge is 2.36. The number of hydrogen-bond donors (Lipinski definition) is 2. The maximum absolute atomic E-state index is 13.4. The highest BCUT2D eigenvalue weighted by Crippen LogP contribution is 2.38. The molecule has 0 saturated carbocycles. The number of rotatable bonds is 4. The van der Waals surface area contributed by atoms with E-state index in [4.69, 9.17) is 4.74 Å². The Kier molecular flexibility index (Phi) is 5.86. The van der Waals surface area contributed by atoms with Crippen LogP contribution >= 0.6 is 11.8 Å². The van der Waals surface area contributed by atoms with E-state index in [-0.39, 0.29) is 22.2 Å². The summed E-state index contributed by atoms with van der Waals surface area (Å²) in [6, 6.07) is 6.67. The summed E-state index contributed by atoms with van der Waals surface area (Å²) < 4.78 is 59.1. The van der Waals surface area contributed by atoms with Crippen LogP contribution in [0.3, 0.4) is 0 Å².